The van der Waals surface area contributed by atoms with Gasteiger partial charge in [-0.15, -0.1) is 21.5 Å². The molecular weight excluding hydrogens is 495 g/mol. The van der Waals surface area contributed by atoms with Crippen LogP contribution in [0.25, 0.3) is 10.2 Å². The van der Waals surface area contributed by atoms with E-state index in [1.807, 2.05) is 18.2 Å². The first kappa shape index (κ1) is 25.7. The number of carbonyl (C=O) groups excluding carboxylic acids is 1. The van der Waals surface area contributed by atoms with Gasteiger partial charge in [-0.2, -0.15) is 0 Å². The first-order valence-electron chi connectivity index (χ1n) is 11.8. The van der Waals surface area contributed by atoms with Gasteiger partial charge in [-0.25, -0.2) is 4.98 Å². The number of nitrogens with zero attached hydrogens (tertiary/aromatic N) is 4. The van der Waals surface area contributed by atoms with Crippen molar-refractivity contribution in [1.29, 1.82) is 0 Å². The molecule has 0 atom stereocenters. The van der Waals surface area contributed by atoms with Crippen LogP contribution in [0.4, 0.5) is 5.69 Å². The number of anilines is 1. The van der Waals surface area contributed by atoms with Crippen molar-refractivity contribution < 1.29 is 4.79 Å². The molecule has 0 spiro atoms. The predicted molar refractivity (Wildman–Crippen MR) is 149 cm³/mol. The van der Waals surface area contributed by atoms with Gasteiger partial charge in [0, 0.05) is 12.2 Å². The average Bonchev–Trinajstić information content (AvgIpc) is 3.44. The second-order valence-electron chi connectivity index (χ2n) is 8.84. The Morgan fingerprint density at radius 3 is 2.37 bits per heavy atom. The van der Waals surface area contributed by atoms with Crippen LogP contribution < -0.4 is 5.32 Å². The lowest BCUT2D eigenvalue weighted by Crippen LogP contribution is -2.18. The van der Waals surface area contributed by atoms with Gasteiger partial charge in [0.25, 0.3) is 0 Å². The van der Waals surface area contributed by atoms with E-state index in [9.17, 15) is 4.79 Å². The van der Waals surface area contributed by atoms with Gasteiger partial charge >= 0.3 is 0 Å². The van der Waals surface area contributed by atoms with Gasteiger partial charge in [0.05, 0.1) is 21.7 Å². The summed E-state index contributed by atoms with van der Waals surface area (Å²) in [5.74, 6) is 2.50. The third-order valence-corrected chi connectivity index (χ3v) is 8.82. The number of thiazole rings is 1. The summed E-state index contributed by atoms with van der Waals surface area (Å²) >= 11 is 4.80. The van der Waals surface area contributed by atoms with E-state index in [0.29, 0.717) is 17.6 Å². The lowest BCUT2D eigenvalue weighted by atomic mass is 9.92. The van der Waals surface area contributed by atoms with Crippen molar-refractivity contribution in [3.63, 3.8) is 0 Å². The lowest BCUT2D eigenvalue weighted by Gasteiger charge is -2.20. The maximum atomic E-state index is 12.9. The smallest absolute Gasteiger partial charge is 0.234 e. The second-order valence-corrected chi connectivity index (χ2v) is 12.0. The fourth-order valence-corrected chi connectivity index (χ4v) is 6.72. The number of para-hydroxylation sites is 2. The quantitative estimate of drug-likeness (QED) is 0.221. The zero-order chi connectivity index (χ0) is 24.9. The minimum absolute atomic E-state index is 0.0268. The molecule has 0 bridgehead atoms. The van der Waals surface area contributed by atoms with Gasteiger partial charge in [0.1, 0.15) is 5.82 Å². The lowest BCUT2D eigenvalue weighted by molar-refractivity contribution is -0.113. The van der Waals surface area contributed by atoms with E-state index in [-0.39, 0.29) is 11.7 Å². The Balaban J connectivity index is 1.41. The molecule has 2 aromatic heterocycles. The van der Waals surface area contributed by atoms with Crippen LogP contribution in [-0.2, 0) is 17.1 Å². The van der Waals surface area contributed by atoms with Crippen LogP contribution in [0.15, 0.2) is 52.0 Å². The first-order valence-corrected chi connectivity index (χ1v) is 14.6. The van der Waals surface area contributed by atoms with Crippen LogP contribution in [0.2, 0.25) is 0 Å². The number of aromatic nitrogens is 4. The van der Waals surface area contributed by atoms with Crippen LogP contribution in [0, 0.1) is 0 Å². The fourth-order valence-electron chi connectivity index (χ4n) is 3.89. The summed E-state index contributed by atoms with van der Waals surface area (Å²) in [6, 6.07) is 14.4. The first-order chi connectivity index (χ1) is 16.9. The van der Waals surface area contributed by atoms with E-state index in [1.54, 1.807) is 23.1 Å². The molecule has 0 aliphatic rings. The van der Waals surface area contributed by atoms with Crippen molar-refractivity contribution in [3.8, 4) is 0 Å². The van der Waals surface area contributed by atoms with Gasteiger partial charge in [0.2, 0.25) is 5.91 Å². The van der Waals surface area contributed by atoms with E-state index >= 15 is 0 Å². The van der Waals surface area contributed by atoms with Crippen molar-refractivity contribution in [1.82, 2.24) is 19.7 Å². The molecule has 0 radical (unpaired) electrons. The zero-order valence-corrected chi connectivity index (χ0v) is 23.2. The average molecular weight is 526 g/mol. The van der Waals surface area contributed by atoms with Crippen molar-refractivity contribution in [3.05, 3.63) is 59.4 Å². The molecule has 0 aliphatic heterocycles. The summed E-state index contributed by atoms with van der Waals surface area (Å²) in [6.45, 7) is 11.4. The van der Waals surface area contributed by atoms with E-state index in [2.05, 4.69) is 79.0 Å². The highest BCUT2D eigenvalue weighted by molar-refractivity contribution is 8.00. The van der Waals surface area contributed by atoms with Crippen molar-refractivity contribution >= 4 is 56.7 Å². The van der Waals surface area contributed by atoms with Crippen LogP contribution >= 0.6 is 34.9 Å². The maximum absolute atomic E-state index is 12.9. The zero-order valence-electron chi connectivity index (χ0n) is 20.7. The molecule has 4 aromatic rings. The van der Waals surface area contributed by atoms with Crippen LogP contribution in [0.1, 0.15) is 63.4 Å². The van der Waals surface area contributed by atoms with Gasteiger partial charge in [-0.05, 0) is 42.0 Å². The molecule has 0 unspecified atom stereocenters. The molecule has 1 N–H and O–H groups in total. The van der Waals surface area contributed by atoms with E-state index < -0.39 is 0 Å². The minimum Gasteiger partial charge on any atom is -0.325 e. The Morgan fingerprint density at radius 2 is 1.71 bits per heavy atom. The third-order valence-electron chi connectivity index (χ3n) is 5.68. The Hall–Kier alpha value is -2.36. The number of rotatable bonds is 10. The van der Waals surface area contributed by atoms with Crippen molar-refractivity contribution in [2.45, 2.75) is 68.2 Å². The third kappa shape index (κ3) is 6.08. The number of hydrogen-bond donors (Lipinski definition) is 1. The number of amides is 1. The standard InChI is InChI=1S/C26H31N5OS3/c1-6-31-22(14-34-26-27-20-12-7-8-13-21(20)35-26)29-30-25(31)33-15-23(32)28-24-18(16(2)3)10-9-11-19(24)17(4)5/h7-13,16-17H,6,14-15H2,1-5H3,(H,28,32). The summed E-state index contributed by atoms with van der Waals surface area (Å²) in [7, 11) is 0. The summed E-state index contributed by atoms with van der Waals surface area (Å²) in [5.41, 5.74) is 4.31. The Kier molecular flexibility index (Phi) is 8.51. The molecule has 0 aliphatic carbocycles. The molecule has 0 saturated carbocycles. The topological polar surface area (TPSA) is 72.7 Å². The largest absolute Gasteiger partial charge is 0.325 e. The highest BCUT2D eigenvalue weighted by Crippen LogP contribution is 2.33. The SMILES string of the molecule is CCn1c(CSc2nc3ccccc3s2)nnc1SCC(=O)Nc1c(C(C)C)cccc1C(C)C. The summed E-state index contributed by atoms with van der Waals surface area (Å²) in [4.78, 5) is 17.6. The van der Waals surface area contributed by atoms with E-state index in [0.717, 1.165) is 33.1 Å². The van der Waals surface area contributed by atoms with Crippen LogP contribution in [0.3, 0.4) is 0 Å². The van der Waals surface area contributed by atoms with Crippen LogP contribution in [-0.4, -0.2) is 31.4 Å². The van der Waals surface area contributed by atoms with Gasteiger partial charge < -0.3 is 9.88 Å². The van der Waals surface area contributed by atoms with Crippen molar-refractivity contribution in [2.75, 3.05) is 11.1 Å². The number of fused-ring (bicyclic) bond motifs is 1. The molecule has 2 heterocycles. The van der Waals surface area contributed by atoms with E-state index in [1.165, 1.54) is 27.6 Å². The van der Waals surface area contributed by atoms with Gasteiger partial charge in [-0.1, -0.05) is 81.6 Å². The molecule has 184 valence electrons. The Labute approximate surface area is 219 Å². The Morgan fingerprint density at radius 1 is 1.00 bits per heavy atom. The minimum atomic E-state index is -0.0268. The highest BCUT2D eigenvalue weighted by Gasteiger charge is 2.18. The molecule has 2 aromatic carbocycles. The number of benzene rings is 2. The number of thioether (sulfide) groups is 2. The molecular formula is C26H31N5OS3. The molecule has 0 fully saturated rings. The highest BCUT2D eigenvalue weighted by atomic mass is 32.2. The monoisotopic (exact) mass is 525 g/mol. The summed E-state index contributed by atoms with van der Waals surface area (Å²) in [5, 5.41) is 12.7. The Bertz CT molecular complexity index is 1250. The number of carbonyl (C=O) groups is 1. The predicted octanol–water partition coefficient (Wildman–Crippen LogP) is 7.18. The van der Waals surface area contributed by atoms with Gasteiger partial charge in [0.15, 0.2) is 9.50 Å². The molecule has 4 rings (SSSR count). The second kappa shape index (κ2) is 11.6. The normalized spacial score (nSPS) is 11.6. The summed E-state index contributed by atoms with van der Waals surface area (Å²) < 4.78 is 4.30. The molecule has 9 heteroatoms. The summed E-state index contributed by atoms with van der Waals surface area (Å²) in [6.07, 6.45) is 0. The fraction of sp³-hybridized carbons (Fsp3) is 0.385. The molecule has 35 heavy (non-hydrogen) atoms. The molecule has 6 nitrogen and oxygen atoms in total. The molecule has 1 amide bonds. The van der Waals surface area contributed by atoms with Crippen molar-refractivity contribution in [2.24, 2.45) is 0 Å². The maximum Gasteiger partial charge on any atom is 0.234 e. The van der Waals surface area contributed by atoms with Gasteiger partial charge in [-0.3, -0.25) is 4.79 Å². The van der Waals surface area contributed by atoms with E-state index in [4.69, 9.17) is 4.98 Å². The number of hydrogen-bond acceptors (Lipinski definition) is 7. The van der Waals surface area contributed by atoms with Crippen LogP contribution in [0.5, 0.6) is 0 Å². The molecule has 0 saturated heterocycles. The number of nitrogens with one attached hydrogen (secondary N) is 1.